The molecule has 6 heteroatoms. The van der Waals surface area contributed by atoms with Gasteiger partial charge >= 0.3 is 0 Å². The summed E-state index contributed by atoms with van der Waals surface area (Å²) in [5, 5.41) is 0. The lowest BCUT2D eigenvalue weighted by atomic mass is 10.2. The highest BCUT2D eigenvalue weighted by Crippen LogP contribution is 2.23. The summed E-state index contributed by atoms with van der Waals surface area (Å²) in [4.78, 5) is 14.2. The molecule has 0 atom stereocenters. The highest BCUT2D eigenvalue weighted by atomic mass is 32.2. The lowest BCUT2D eigenvalue weighted by Gasteiger charge is -2.12. The fourth-order valence-electron chi connectivity index (χ4n) is 1.46. The first-order chi connectivity index (χ1) is 6.53. The molecule has 0 radical (unpaired) electrons. The molecule has 0 saturated carbocycles. The minimum absolute atomic E-state index is 0.0856. The molecule has 76 valence electrons. The van der Waals surface area contributed by atoms with Crippen LogP contribution in [0.25, 0.3) is 0 Å². The molecule has 1 aliphatic rings. The summed E-state index contributed by atoms with van der Waals surface area (Å²) in [7, 11) is -1.99. The lowest BCUT2D eigenvalue weighted by Crippen LogP contribution is -2.26. The smallest absolute Gasteiger partial charge is 0.245 e. The molecule has 2 rings (SSSR count). The van der Waals surface area contributed by atoms with Gasteiger partial charge in [-0.05, 0) is 0 Å². The van der Waals surface area contributed by atoms with Crippen LogP contribution in [0.3, 0.4) is 0 Å². The summed E-state index contributed by atoms with van der Waals surface area (Å²) in [5.74, 6) is -0.130. The molecule has 0 saturated heterocycles. The van der Waals surface area contributed by atoms with Crippen molar-refractivity contribution in [2.75, 3.05) is 13.6 Å². The van der Waals surface area contributed by atoms with Crippen molar-refractivity contribution < 1.29 is 13.2 Å². The predicted molar refractivity (Wildman–Crippen MR) is 49.6 cm³/mol. The second-order valence-electron chi connectivity index (χ2n) is 3.23. The molecular weight excluding hydrogens is 204 g/mol. The molecule has 1 N–H and O–H groups in total. The molecule has 0 aliphatic carbocycles. The maximum Gasteiger partial charge on any atom is 0.245 e. The molecule has 1 aromatic rings. The number of carbonyl (C=O) groups excluding carboxylic acids is 1. The highest BCUT2D eigenvalue weighted by Gasteiger charge is 2.30. The van der Waals surface area contributed by atoms with E-state index in [4.69, 9.17) is 0 Å². The number of hydrogen-bond acceptors (Lipinski definition) is 3. The van der Waals surface area contributed by atoms with Crippen LogP contribution in [0.1, 0.15) is 16.8 Å². The van der Waals surface area contributed by atoms with Gasteiger partial charge in [-0.3, -0.25) is 4.79 Å². The van der Waals surface area contributed by atoms with Crippen molar-refractivity contribution in [1.29, 1.82) is 0 Å². The van der Waals surface area contributed by atoms with Crippen LogP contribution in [0.4, 0.5) is 0 Å². The Kier molecular flexibility index (Phi) is 1.97. The minimum atomic E-state index is -3.47. The van der Waals surface area contributed by atoms with Gasteiger partial charge in [-0.25, -0.2) is 12.7 Å². The molecule has 2 heterocycles. The first-order valence-corrected chi connectivity index (χ1v) is 5.64. The van der Waals surface area contributed by atoms with Crippen LogP contribution in [0.15, 0.2) is 17.3 Å². The average Bonchev–Trinajstić information content (AvgIpc) is 2.59. The summed E-state index contributed by atoms with van der Waals surface area (Å²) in [6.07, 6.45) is 3.03. The summed E-state index contributed by atoms with van der Waals surface area (Å²) in [6, 6.07) is 0. The van der Waals surface area contributed by atoms with E-state index in [-0.39, 0.29) is 29.2 Å². The van der Waals surface area contributed by atoms with E-state index in [1.807, 2.05) is 0 Å². The van der Waals surface area contributed by atoms with Crippen LogP contribution in [-0.2, 0) is 10.0 Å². The Morgan fingerprint density at radius 1 is 1.43 bits per heavy atom. The first kappa shape index (κ1) is 9.42. The SMILES string of the molecule is CN1CCC(=O)c2c[nH]cc2S1(=O)=O. The van der Waals surface area contributed by atoms with Crippen molar-refractivity contribution in [3.8, 4) is 0 Å². The van der Waals surface area contributed by atoms with Gasteiger partial charge in [0, 0.05) is 32.4 Å². The number of rotatable bonds is 0. The van der Waals surface area contributed by atoms with E-state index in [9.17, 15) is 13.2 Å². The van der Waals surface area contributed by atoms with E-state index in [2.05, 4.69) is 4.98 Å². The topological polar surface area (TPSA) is 70.2 Å². The minimum Gasteiger partial charge on any atom is -0.366 e. The Bertz CT molecular complexity index is 475. The van der Waals surface area contributed by atoms with Crippen molar-refractivity contribution >= 4 is 15.8 Å². The van der Waals surface area contributed by atoms with Gasteiger partial charge in [0.25, 0.3) is 0 Å². The molecule has 0 bridgehead atoms. The quantitative estimate of drug-likeness (QED) is 0.671. The first-order valence-electron chi connectivity index (χ1n) is 4.20. The third kappa shape index (κ3) is 1.18. The number of hydrogen-bond donors (Lipinski definition) is 1. The molecule has 5 nitrogen and oxygen atoms in total. The lowest BCUT2D eigenvalue weighted by molar-refractivity contribution is 0.0978. The van der Waals surface area contributed by atoms with Crippen molar-refractivity contribution in [3.63, 3.8) is 0 Å². The fourth-order valence-corrected chi connectivity index (χ4v) is 2.80. The van der Waals surface area contributed by atoms with Crippen LogP contribution in [0, 0.1) is 0 Å². The zero-order chi connectivity index (χ0) is 10.3. The standard InChI is InChI=1S/C8H10N2O3S/c1-10-3-2-7(11)6-4-9-5-8(6)14(10,12)13/h4-5,9H,2-3H2,1H3. The zero-order valence-corrected chi connectivity index (χ0v) is 8.47. The number of sulfonamides is 1. The van der Waals surface area contributed by atoms with E-state index in [1.165, 1.54) is 23.7 Å². The number of carbonyl (C=O) groups is 1. The van der Waals surface area contributed by atoms with Gasteiger partial charge < -0.3 is 4.98 Å². The van der Waals surface area contributed by atoms with Crippen LogP contribution < -0.4 is 0 Å². The molecule has 1 aliphatic heterocycles. The molecule has 0 unspecified atom stereocenters. The van der Waals surface area contributed by atoms with Gasteiger partial charge in [0.1, 0.15) is 4.90 Å². The number of Topliss-reactive ketones (excluding diaryl/α,β-unsaturated/α-hetero) is 1. The van der Waals surface area contributed by atoms with Crippen molar-refractivity contribution in [1.82, 2.24) is 9.29 Å². The average molecular weight is 214 g/mol. The third-order valence-corrected chi connectivity index (χ3v) is 4.25. The molecule has 0 spiro atoms. The van der Waals surface area contributed by atoms with Gasteiger partial charge in [0.2, 0.25) is 10.0 Å². The second kappa shape index (κ2) is 2.93. The van der Waals surface area contributed by atoms with E-state index >= 15 is 0 Å². The van der Waals surface area contributed by atoms with E-state index < -0.39 is 10.0 Å². The van der Waals surface area contributed by atoms with Gasteiger partial charge in [0.05, 0.1) is 5.56 Å². The van der Waals surface area contributed by atoms with Crippen LogP contribution in [0.5, 0.6) is 0 Å². The molecule has 0 aromatic carbocycles. The summed E-state index contributed by atoms with van der Waals surface area (Å²) >= 11 is 0. The van der Waals surface area contributed by atoms with E-state index in [0.29, 0.717) is 0 Å². The predicted octanol–water partition coefficient (Wildman–Crippen LogP) is 0.222. The van der Waals surface area contributed by atoms with Crippen molar-refractivity contribution in [2.24, 2.45) is 0 Å². The number of nitrogens with zero attached hydrogens (tertiary/aromatic N) is 1. The maximum absolute atomic E-state index is 11.8. The number of aromatic amines is 1. The fraction of sp³-hybridized carbons (Fsp3) is 0.375. The number of aromatic nitrogens is 1. The molecular formula is C8H10N2O3S. The molecule has 1 aromatic heterocycles. The number of fused-ring (bicyclic) bond motifs is 1. The van der Waals surface area contributed by atoms with Gasteiger partial charge in [-0.2, -0.15) is 0 Å². The summed E-state index contributed by atoms with van der Waals surface area (Å²) in [5.41, 5.74) is 0.273. The number of ketones is 1. The number of H-pyrrole nitrogens is 1. The maximum atomic E-state index is 11.8. The highest BCUT2D eigenvalue weighted by molar-refractivity contribution is 7.89. The third-order valence-electron chi connectivity index (χ3n) is 2.35. The molecule has 0 amide bonds. The Labute approximate surface area is 81.8 Å². The van der Waals surface area contributed by atoms with E-state index in [1.54, 1.807) is 0 Å². The monoisotopic (exact) mass is 214 g/mol. The van der Waals surface area contributed by atoms with E-state index in [0.717, 1.165) is 0 Å². The Morgan fingerprint density at radius 2 is 2.14 bits per heavy atom. The van der Waals surface area contributed by atoms with Crippen LogP contribution in [-0.4, -0.2) is 37.1 Å². The van der Waals surface area contributed by atoms with Crippen molar-refractivity contribution in [2.45, 2.75) is 11.3 Å². The Hall–Kier alpha value is -1.14. The van der Waals surface area contributed by atoms with Crippen molar-refractivity contribution in [3.05, 3.63) is 18.0 Å². The Morgan fingerprint density at radius 3 is 2.86 bits per heavy atom. The number of nitrogens with one attached hydrogen (secondary N) is 1. The van der Waals surface area contributed by atoms with Gasteiger partial charge in [-0.15, -0.1) is 0 Å². The second-order valence-corrected chi connectivity index (χ2v) is 5.25. The van der Waals surface area contributed by atoms with Gasteiger partial charge in [0.15, 0.2) is 5.78 Å². The Balaban J connectivity index is 2.69. The summed E-state index contributed by atoms with van der Waals surface area (Å²) < 4.78 is 24.8. The molecule has 0 fully saturated rings. The van der Waals surface area contributed by atoms with Gasteiger partial charge in [-0.1, -0.05) is 0 Å². The van der Waals surface area contributed by atoms with Crippen LogP contribution >= 0.6 is 0 Å². The zero-order valence-electron chi connectivity index (χ0n) is 7.65. The largest absolute Gasteiger partial charge is 0.366 e. The van der Waals surface area contributed by atoms with Crippen LogP contribution in [0.2, 0.25) is 0 Å². The summed E-state index contributed by atoms with van der Waals surface area (Å²) in [6.45, 7) is 0.246. The normalized spacial score (nSPS) is 21.6. The molecule has 14 heavy (non-hydrogen) atoms.